The van der Waals surface area contributed by atoms with Crippen molar-refractivity contribution in [2.75, 3.05) is 26.2 Å². The Balaban J connectivity index is 1.28. The smallest absolute Gasteiger partial charge is 0.282 e. The molecular formula is C21H18ClN5O4S2. The van der Waals surface area contributed by atoms with Crippen LogP contribution in [0.3, 0.4) is 0 Å². The first kappa shape index (κ1) is 21.8. The number of rotatable bonds is 4. The van der Waals surface area contributed by atoms with E-state index in [-0.39, 0.29) is 42.1 Å². The van der Waals surface area contributed by atoms with E-state index < -0.39 is 10.0 Å². The molecule has 1 aromatic carbocycles. The number of nitrogens with one attached hydrogen (secondary N) is 1. The molecule has 0 atom stereocenters. The number of aromatic amines is 1. The van der Waals surface area contributed by atoms with E-state index in [4.69, 9.17) is 11.6 Å². The number of benzene rings is 1. The molecule has 4 heterocycles. The van der Waals surface area contributed by atoms with E-state index in [0.29, 0.717) is 26.5 Å². The standard InChI is InChI=1S/C21H18ClN5O4S2/c22-15-4-5-16-14(11-15)12-19(24-16)33(30,31)26-9-7-25(8-10-26)21(28)20-23-13-18(32-20)17-3-1-2-6-27(17)29/h1-6,11-13,24H,7-10H2. The summed E-state index contributed by atoms with van der Waals surface area (Å²) in [6.07, 6.45) is 2.89. The molecule has 0 radical (unpaired) electrons. The number of amides is 1. The zero-order chi connectivity index (χ0) is 23.2. The molecule has 0 aliphatic carbocycles. The third-order valence-electron chi connectivity index (χ3n) is 5.47. The van der Waals surface area contributed by atoms with Crippen molar-refractivity contribution in [1.82, 2.24) is 19.2 Å². The Morgan fingerprint density at radius 3 is 2.70 bits per heavy atom. The van der Waals surface area contributed by atoms with Gasteiger partial charge in [-0.25, -0.2) is 13.4 Å². The molecule has 3 aromatic heterocycles. The lowest BCUT2D eigenvalue weighted by Gasteiger charge is -2.33. The van der Waals surface area contributed by atoms with Crippen molar-refractivity contribution < 1.29 is 17.9 Å². The molecule has 1 aliphatic heterocycles. The summed E-state index contributed by atoms with van der Waals surface area (Å²) in [7, 11) is -3.74. The normalized spacial score (nSPS) is 15.2. The summed E-state index contributed by atoms with van der Waals surface area (Å²) < 4.78 is 28.3. The summed E-state index contributed by atoms with van der Waals surface area (Å²) in [5, 5.41) is 13.5. The average molecular weight is 504 g/mol. The molecule has 1 fully saturated rings. The molecule has 0 spiro atoms. The minimum absolute atomic E-state index is 0.0953. The predicted octanol–water partition coefficient (Wildman–Crippen LogP) is 2.72. The second-order valence-electron chi connectivity index (χ2n) is 7.50. The summed E-state index contributed by atoms with van der Waals surface area (Å²) in [6, 6.07) is 11.7. The highest BCUT2D eigenvalue weighted by atomic mass is 35.5. The zero-order valence-corrected chi connectivity index (χ0v) is 19.5. The van der Waals surface area contributed by atoms with Crippen molar-refractivity contribution in [3.8, 4) is 10.6 Å². The number of pyridine rings is 1. The lowest BCUT2D eigenvalue weighted by atomic mass is 10.2. The van der Waals surface area contributed by atoms with E-state index in [9.17, 15) is 18.4 Å². The molecule has 5 rings (SSSR count). The van der Waals surface area contributed by atoms with Gasteiger partial charge in [-0.3, -0.25) is 4.79 Å². The number of sulfonamides is 1. The molecule has 0 saturated carbocycles. The van der Waals surface area contributed by atoms with Crippen molar-refractivity contribution >= 4 is 49.8 Å². The Bertz CT molecular complexity index is 1460. The van der Waals surface area contributed by atoms with E-state index in [0.717, 1.165) is 16.1 Å². The minimum Gasteiger partial charge on any atom is -0.618 e. The molecule has 1 saturated heterocycles. The highest BCUT2D eigenvalue weighted by Gasteiger charge is 2.32. The van der Waals surface area contributed by atoms with Gasteiger partial charge in [-0.2, -0.15) is 9.04 Å². The average Bonchev–Trinajstić information content (AvgIpc) is 3.46. The fraction of sp³-hybridized carbons (Fsp3) is 0.190. The molecule has 0 bridgehead atoms. The number of carbonyl (C=O) groups excluding carboxylic acids is 1. The Labute approximate surface area is 198 Å². The van der Waals surface area contributed by atoms with Gasteiger partial charge in [0.05, 0.1) is 6.20 Å². The SMILES string of the molecule is O=C(c1ncc(-c2cccc[n+]2[O-])s1)N1CCN(S(=O)(=O)c2cc3cc(Cl)ccc3[nH]2)CC1. The number of nitrogens with zero attached hydrogens (tertiary/aromatic N) is 4. The van der Waals surface area contributed by atoms with Crippen molar-refractivity contribution in [2.24, 2.45) is 0 Å². The van der Waals surface area contributed by atoms with Crippen LogP contribution < -0.4 is 4.73 Å². The Morgan fingerprint density at radius 2 is 1.94 bits per heavy atom. The number of H-pyrrole nitrogens is 1. The molecule has 0 unspecified atom stereocenters. The van der Waals surface area contributed by atoms with Crippen molar-refractivity contribution in [2.45, 2.75) is 5.03 Å². The first-order chi connectivity index (χ1) is 15.8. The van der Waals surface area contributed by atoms with Gasteiger partial charge < -0.3 is 15.1 Å². The van der Waals surface area contributed by atoms with E-state index >= 15 is 0 Å². The number of hydrogen-bond acceptors (Lipinski definition) is 6. The number of piperazine rings is 1. The van der Waals surface area contributed by atoms with Crippen LogP contribution in [-0.4, -0.2) is 59.7 Å². The third-order valence-corrected chi connectivity index (χ3v) is 8.53. The van der Waals surface area contributed by atoms with Gasteiger partial charge >= 0.3 is 0 Å². The maximum absolute atomic E-state index is 13.1. The van der Waals surface area contributed by atoms with Crippen LogP contribution in [0.25, 0.3) is 21.5 Å². The first-order valence-electron chi connectivity index (χ1n) is 10.0. The number of carbonyl (C=O) groups is 1. The first-order valence-corrected chi connectivity index (χ1v) is 12.7. The lowest BCUT2D eigenvalue weighted by molar-refractivity contribution is -0.593. The molecule has 1 N–H and O–H groups in total. The predicted molar refractivity (Wildman–Crippen MR) is 124 cm³/mol. The van der Waals surface area contributed by atoms with Crippen LogP contribution in [0.5, 0.6) is 0 Å². The van der Waals surface area contributed by atoms with Crippen molar-refractivity contribution in [3.05, 3.63) is 70.1 Å². The molecule has 33 heavy (non-hydrogen) atoms. The summed E-state index contributed by atoms with van der Waals surface area (Å²) in [5.74, 6) is -0.281. The van der Waals surface area contributed by atoms with E-state index in [1.807, 2.05) is 0 Å². The highest BCUT2D eigenvalue weighted by molar-refractivity contribution is 7.89. The summed E-state index contributed by atoms with van der Waals surface area (Å²) in [4.78, 5) is 22.2. The van der Waals surface area contributed by atoms with Crippen LogP contribution in [0.15, 0.2) is 59.9 Å². The van der Waals surface area contributed by atoms with Crippen LogP contribution in [0.1, 0.15) is 9.80 Å². The van der Waals surface area contributed by atoms with Crippen LogP contribution in [0, 0.1) is 5.21 Å². The lowest BCUT2D eigenvalue weighted by Crippen LogP contribution is -2.50. The van der Waals surface area contributed by atoms with Crippen molar-refractivity contribution in [3.63, 3.8) is 0 Å². The fourth-order valence-electron chi connectivity index (χ4n) is 3.73. The Hall–Kier alpha value is -2.99. The summed E-state index contributed by atoms with van der Waals surface area (Å²) in [5.41, 5.74) is 1.11. The number of hydrogen-bond donors (Lipinski definition) is 1. The van der Waals surface area contributed by atoms with Gasteiger partial charge in [-0.1, -0.05) is 11.6 Å². The summed E-state index contributed by atoms with van der Waals surface area (Å²) >= 11 is 7.14. The highest BCUT2D eigenvalue weighted by Crippen LogP contribution is 2.27. The molecule has 9 nitrogen and oxygen atoms in total. The number of thiazole rings is 1. The Kier molecular flexibility index (Phi) is 5.57. The second-order valence-corrected chi connectivity index (χ2v) is 10.9. The largest absolute Gasteiger partial charge is 0.618 e. The van der Waals surface area contributed by atoms with Gasteiger partial charge in [-0.05, 0) is 30.3 Å². The molecule has 12 heteroatoms. The number of halogens is 1. The minimum atomic E-state index is -3.74. The van der Waals surface area contributed by atoms with Crippen LogP contribution in [0.2, 0.25) is 5.02 Å². The van der Waals surface area contributed by atoms with E-state index in [1.165, 1.54) is 16.7 Å². The van der Waals surface area contributed by atoms with Gasteiger partial charge in [-0.15, -0.1) is 11.3 Å². The fourth-order valence-corrected chi connectivity index (χ4v) is 6.25. The monoisotopic (exact) mass is 503 g/mol. The van der Waals surface area contributed by atoms with Gasteiger partial charge in [0.15, 0.2) is 11.2 Å². The van der Waals surface area contributed by atoms with Crippen LogP contribution >= 0.6 is 22.9 Å². The van der Waals surface area contributed by atoms with Gasteiger partial charge in [0.1, 0.15) is 9.90 Å². The van der Waals surface area contributed by atoms with Crippen molar-refractivity contribution in [1.29, 1.82) is 0 Å². The molecule has 1 aliphatic rings. The van der Waals surface area contributed by atoms with E-state index in [1.54, 1.807) is 47.4 Å². The molecule has 170 valence electrons. The quantitative estimate of drug-likeness (QED) is 0.340. The second kappa shape index (κ2) is 8.41. The van der Waals surface area contributed by atoms with Crippen LogP contribution in [0.4, 0.5) is 0 Å². The molecular weight excluding hydrogens is 486 g/mol. The Morgan fingerprint density at radius 1 is 1.15 bits per heavy atom. The topological polar surface area (TPSA) is 113 Å². The number of aromatic nitrogens is 3. The molecule has 4 aromatic rings. The van der Waals surface area contributed by atoms with Gasteiger partial charge in [0.2, 0.25) is 5.69 Å². The summed E-state index contributed by atoms with van der Waals surface area (Å²) in [6.45, 7) is 0.821. The van der Waals surface area contributed by atoms with E-state index in [2.05, 4.69) is 9.97 Å². The maximum Gasteiger partial charge on any atom is 0.282 e. The maximum atomic E-state index is 13.1. The third kappa shape index (κ3) is 4.08. The van der Waals surface area contributed by atoms with Gasteiger partial charge in [0.25, 0.3) is 15.9 Å². The molecule has 1 amide bonds. The number of fused-ring (bicyclic) bond motifs is 1. The zero-order valence-electron chi connectivity index (χ0n) is 17.1. The van der Waals surface area contributed by atoms with Gasteiger partial charge in [0, 0.05) is 54.2 Å². The van der Waals surface area contributed by atoms with Crippen LogP contribution in [-0.2, 0) is 10.0 Å².